The first-order valence-corrected chi connectivity index (χ1v) is 22.4. The van der Waals surface area contributed by atoms with E-state index in [2.05, 4.69) is 31.9 Å². The molecular weight excluding hydrogens is 868 g/mol. The van der Waals surface area contributed by atoms with E-state index in [-0.39, 0.29) is 43.9 Å². The van der Waals surface area contributed by atoms with Crippen LogP contribution in [0.2, 0.25) is 0 Å². The van der Waals surface area contributed by atoms with Gasteiger partial charge in [0.2, 0.25) is 29.5 Å². The van der Waals surface area contributed by atoms with Crippen LogP contribution in [0.4, 0.5) is 9.18 Å². The summed E-state index contributed by atoms with van der Waals surface area (Å²) in [7, 11) is 0. The molecular formula is C49H63FN6O11. The van der Waals surface area contributed by atoms with Gasteiger partial charge in [-0.1, -0.05) is 66.7 Å². The number of rotatable bonds is 10. The molecule has 67 heavy (non-hydrogen) atoms. The van der Waals surface area contributed by atoms with Crippen molar-refractivity contribution in [2.24, 2.45) is 0 Å². The summed E-state index contributed by atoms with van der Waals surface area (Å²) >= 11 is 0. The molecule has 0 bridgehead atoms. The van der Waals surface area contributed by atoms with Crippen molar-refractivity contribution in [2.45, 2.75) is 127 Å². The average molecular weight is 931 g/mol. The van der Waals surface area contributed by atoms with Crippen LogP contribution in [-0.4, -0.2) is 114 Å². The predicted molar refractivity (Wildman–Crippen MR) is 245 cm³/mol. The molecule has 362 valence electrons. The number of carboxylic acids is 1. The lowest BCUT2D eigenvalue weighted by atomic mass is 9.90. The SMILES string of the molecule is CC(C)(C)OC[C@@H]1NC(=O)[C@@H](NC(=O)OCC2c3ccccc3-c3ccccc32)CCCCNC(=O)C[C@@H](C(=O)O)NC(=O)[C@H](COC(C)(C)C)NC(=O)[C@@](C)(Cc2ccccc2F)NC1=O. The maximum atomic E-state index is 15.3. The number of benzene rings is 3. The second-order valence-electron chi connectivity index (χ2n) is 19.0. The van der Waals surface area contributed by atoms with Gasteiger partial charge in [-0.05, 0) is 102 Å². The van der Waals surface area contributed by atoms with E-state index < -0.39 is 114 Å². The Hall–Kier alpha value is -6.40. The Balaban J connectivity index is 1.47. The largest absolute Gasteiger partial charge is 0.480 e. The average Bonchev–Trinajstić information content (AvgIpc) is 3.57. The summed E-state index contributed by atoms with van der Waals surface area (Å²) in [6.07, 6.45) is -1.52. The summed E-state index contributed by atoms with van der Waals surface area (Å²) in [5, 5.41) is 25.5. The third-order valence-corrected chi connectivity index (χ3v) is 11.2. The van der Waals surface area contributed by atoms with E-state index in [1.165, 1.54) is 31.2 Å². The van der Waals surface area contributed by atoms with Crippen LogP contribution >= 0.6 is 0 Å². The molecule has 0 radical (unpaired) electrons. The Morgan fingerprint density at radius 1 is 0.746 bits per heavy atom. The number of amides is 6. The molecule has 5 rings (SSSR count). The monoisotopic (exact) mass is 930 g/mol. The number of aliphatic carboxylic acids is 1. The minimum Gasteiger partial charge on any atom is -0.480 e. The van der Waals surface area contributed by atoms with Crippen LogP contribution < -0.4 is 31.9 Å². The van der Waals surface area contributed by atoms with Crippen molar-refractivity contribution in [1.29, 1.82) is 0 Å². The van der Waals surface area contributed by atoms with Crippen molar-refractivity contribution < 1.29 is 57.3 Å². The number of carbonyl (C=O) groups is 7. The first-order valence-electron chi connectivity index (χ1n) is 22.4. The fourth-order valence-electron chi connectivity index (χ4n) is 7.67. The highest BCUT2D eigenvalue weighted by Crippen LogP contribution is 2.44. The number of alkyl carbamates (subject to hydrolysis) is 1. The molecule has 2 aliphatic rings. The van der Waals surface area contributed by atoms with Crippen LogP contribution in [0.5, 0.6) is 0 Å². The van der Waals surface area contributed by atoms with E-state index in [1.54, 1.807) is 41.5 Å². The number of carbonyl (C=O) groups excluding carboxylic acids is 6. The summed E-state index contributed by atoms with van der Waals surface area (Å²) in [5.74, 6) is -6.95. The lowest BCUT2D eigenvalue weighted by Crippen LogP contribution is -2.66. The first-order chi connectivity index (χ1) is 31.5. The van der Waals surface area contributed by atoms with Gasteiger partial charge in [0.1, 0.15) is 42.1 Å². The van der Waals surface area contributed by atoms with Gasteiger partial charge in [-0.3, -0.25) is 24.0 Å². The fraction of sp³-hybridized carbons (Fsp3) is 0.490. The van der Waals surface area contributed by atoms with E-state index in [9.17, 15) is 38.7 Å². The topological polar surface area (TPSA) is 240 Å². The summed E-state index contributed by atoms with van der Waals surface area (Å²) in [6, 6.07) is 15.1. The van der Waals surface area contributed by atoms with Crippen molar-refractivity contribution in [3.63, 3.8) is 0 Å². The Bertz CT molecular complexity index is 2250. The maximum absolute atomic E-state index is 15.3. The summed E-state index contributed by atoms with van der Waals surface area (Å²) < 4.78 is 32.9. The molecule has 0 spiro atoms. The van der Waals surface area contributed by atoms with Crippen LogP contribution in [0.25, 0.3) is 11.1 Å². The van der Waals surface area contributed by atoms with Crippen LogP contribution in [0, 0.1) is 5.82 Å². The first kappa shape index (κ1) is 51.6. The lowest BCUT2D eigenvalue weighted by Gasteiger charge is -2.34. The Morgan fingerprint density at radius 2 is 1.31 bits per heavy atom. The number of halogens is 1. The van der Waals surface area contributed by atoms with E-state index in [4.69, 9.17) is 14.2 Å². The molecule has 6 amide bonds. The van der Waals surface area contributed by atoms with Gasteiger partial charge >= 0.3 is 12.1 Å². The van der Waals surface area contributed by atoms with Crippen LogP contribution in [0.3, 0.4) is 0 Å². The summed E-state index contributed by atoms with van der Waals surface area (Å²) in [4.78, 5) is 96.1. The highest BCUT2D eigenvalue weighted by molar-refractivity contribution is 5.98. The molecule has 1 aliphatic heterocycles. The summed E-state index contributed by atoms with van der Waals surface area (Å²) in [5.41, 5.74) is 0.287. The number of ether oxygens (including phenoxy) is 3. The molecule has 0 unspecified atom stereocenters. The van der Waals surface area contributed by atoms with Gasteiger partial charge in [0.05, 0.1) is 30.8 Å². The van der Waals surface area contributed by atoms with Crippen LogP contribution in [0.1, 0.15) is 96.8 Å². The van der Waals surface area contributed by atoms with E-state index in [1.807, 2.05) is 48.5 Å². The van der Waals surface area contributed by atoms with Gasteiger partial charge in [0.15, 0.2) is 0 Å². The molecule has 5 atom stereocenters. The normalized spacial score (nSPS) is 22.7. The van der Waals surface area contributed by atoms with Gasteiger partial charge < -0.3 is 51.2 Å². The molecule has 17 nitrogen and oxygen atoms in total. The third-order valence-electron chi connectivity index (χ3n) is 11.2. The number of hydrogen-bond acceptors (Lipinski definition) is 10. The van der Waals surface area contributed by atoms with Crippen molar-refractivity contribution in [3.05, 3.63) is 95.3 Å². The van der Waals surface area contributed by atoms with Crippen molar-refractivity contribution in [3.8, 4) is 11.1 Å². The quantitative estimate of drug-likeness (QED) is 0.153. The van der Waals surface area contributed by atoms with Crippen molar-refractivity contribution in [1.82, 2.24) is 31.9 Å². The molecule has 1 saturated heterocycles. The van der Waals surface area contributed by atoms with Crippen LogP contribution in [-0.2, 0) is 49.4 Å². The molecule has 0 saturated carbocycles. The predicted octanol–water partition coefficient (Wildman–Crippen LogP) is 4.01. The number of hydrogen-bond donors (Lipinski definition) is 7. The second-order valence-corrected chi connectivity index (χ2v) is 19.0. The van der Waals surface area contributed by atoms with E-state index in [0.29, 0.717) is 0 Å². The Labute approximate surface area is 390 Å². The van der Waals surface area contributed by atoms with E-state index >= 15 is 4.39 Å². The number of nitrogens with one attached hydrogen (secondary N) is 6. The lowest BCUT2D eigenvalue weighted by molar-refractivity contribution is -0.145. The molecule has 18 heteroatoms. The van der Waals surface area contributed by atoms with Gasteiger partial charge in [-0.2, -0.15) is 0 Å². The molecule has 7 N–H and O–H groups in total. The zero-order chi connectivity index (χ0) is 49.1. The van der Waals surface area contributed by atoms with Crippen molar-refractivity contribution in [2.75, 3.05) is 26.4 Å². The molecule has 0 aromatic heterocycles. The third kappa shape index (κ3) is 14.8. The van der Waals surface area contributed by atoms with Gasteiger partial charge in [0.25, 0.3) is 0 Å². The molecule has 1 aliphatic carbocycles. The van der Waals surface area contributed by atoms with Gasteiger partial charge in [0, 0.05) is 18.9 Å². The zero-order valence-electron chi connectivity index (χ0n) is 39.1. The number of carboxylic acid groups (broad SMARTS) is 1. The standard InChI is InChI=1S/C49H63FN6O11/c1-47(2,3)66-27-38-42(59)52-37(44(61)62)24-40(57)51-23-15-14-22-36(55-46(64)65-26-34-32-19-11-9-17-30(32)31-18-10-12-20-33(31)34)41(58)53-39(28-67-48(4,5)6)43(60)56-49(7,45(63)54-38)25-29-16-8-13-21-35(29)50/h8-13,16-21,34,36-39H,14-15,22-28H2,1-7H3,(H,51,57)(H,52,59)(H,53,58)(H,54,63)(H,55,64)(H,56,60)(H,61,62)/t36-,37-,38-,39-,49+/m0/s1. The highest BCUT2D eigenvalue weighted by atomic mass is 19.1. The van der Waals surface area contributed by atoms with E-state index in [0.717, 1.165) is 22.3 Å². The smallest absolute Gasteiger partial charge is 0.407 e. The molecule has 3 aromatic rings. The minimum absolute atomic E-state index is 0.000392. The highest BCUT2D eigenvalue weighted by Gasteiger charge is 2.41. The molecule has 1 heterocycles. The van der Waals surface area contributed by atoms with Crippen LogP contribution in [0.15, 0.2) is 72.8 Å². The summed E-state index contributed by atoms with van der Waals surface area (Å²) in [6.45, 7) is 10.7. The van der Waals surface area contributed by atoms with Crippen molar-refractivity contribution >= 4 is 41.6 Å². The van der Waals surface area contributed by atoms with Gasteiger partial charge in [-0.15, -0.1) is 0 Å². The fourth-order valence-corrected chi connectivity index (χ4v) is 7.67. The molecule has 3 aromatic carbocycles. The minimum atomic E-state index is -2.06. The Kier molecular flexibility index (Phi) is 17.2. The molecule has 1 fully saturated rings. The maximum Gasteiger partial charge on any atom is 0.407 e. The van der Waals surface area contributed by atoms with Gasteiger partial charge in [-0.25, -0.2) is 14.0 Å². The second kappa shape index (κ2) is 22.4. The Morgan fingerprint density at radius 3 is 1.90 bits per heavy atom. The number of fused-ring (bicyclic) bond motifs is 3. The zero-order valence-corrected chi connectivity index (χ0v) is 39.1.